The molecule has 1 saturated heterocycles. The van der Waals surface area contributed by atoms with Crippen LogP contribution in [0.15, 0.2) is 12.1 Å². The second-order valence-electron chi connectivity index (χ2n) is 7.06. The van der Waals surface area contributed by atoms with Crippen molar-refractivity contribution in [3.8, 4) is 0 Å². The Hall–Kier alpha value is -1.11. The summed E-state index contributed by atoms with van der Waals surface area (Å²) < 4.78 is 5.49. The number of hydrogen-bond acceptors (Lipinski definition) is 5. The number of amides is 1. The zero-order chi connectivity index (χ0) is 17.0. The van der Waals surface area contributed by atoms with Gasteiger partial charge in [0.25, 0.3) is 0 Å². The molecule has 1 aliphatic rings. The van der Waals surface area contributed by atoms with E-state index >= 15 is 0 Å². The minimum atomic E-state index is -0.447. The Kier molecular flexibility index (Phi) is 6.06. The summed E-state index contributed by atoms with van der Waals surface area (Å²) in [5.41, 5.74) is 5.59. The lowest BCUT2D eigenvalue weighted by Gasteiger charge is -2.29. The smallest absolute Gasteiger partial charge is 0.410 e. The number of rotatable bonds is 3. The van der Waals surface area contributed by atoms with Crippen LogP contribution in [0.2, 0.25) is 0 Å². The van der Waals surface area contributed by atoms with Gasteiger partial charge < -0.3 is 15.4 Å². The largest absolute Gasteiger partial charge is 0.444 e. The molecule has 2 heterocycles. The van der Waals surface area contributed by atoms with Gasteiger partial charge in [-0.25, -0.2) is 4.79 Å². The summed E-state index contributed by atoms with van der Waals surface area (Å²) >= 11 is 1.81. The van der Waals surface area contributed by atoms with E-state index in [4.69, 9.17) is 10.5 Å². The maximum Gasteiger partial charge on any atom is 0.410 e. The van der Waals surface area contributed by atoms with Gasteiger partial charge in [0.05, 0.1) is 6.04 Å². The molecular weight excluding hydrogens is 310 g/mol. The number of aryl methyl sites for hydroxylation is 1. The van der Waals surface area contributed by atoms with E-state index in [2.05, 4.69) is 24.0 Å². The van der Waals surface area contributed by atoms with Gasteiger partial charge in [0.15, 0.2) is 0 Å². The molecular formula is C17H29N3O2S. The fourth-order valence-electron chi connectivity index (χ4n) is 2.84. The van der Waals surface area contributed by atoms with Crippen molar-refractivity contribution in [2.75, 3.05) is 32.7 Å². The molecule has 0 aliphatic carbocycles. The molecule has 0 aromatic carbocycles. The van der Waals surface area contributed by atoms with Crippen LogP contribution in [0.4, 0.5) is 4.79 Å². The molecule has 0 radical (unpaired) electrons. The molecule has 23 heavy (non-hydrogen) atoms. The zero-order valence-corrected chi connectivity index (χ0v) is 15.5. The SMILES string of the molecule is Cc1ccc(C(CN)N2CCCN(C(=O)OC(C)(C)C)CC2)s1. The number of nitrogens with two attached hydrogens (primary N) is 1. The van der Waals surface area contributed by atoms with Crippen molar-refractivity contribution >= 4 is 17.4 Å². The second kappa shape index (κ2) is 7.64. The van der Waals surface area contributed by atoms with E-state index in [0.29, 0.717) is 13.1 Å². The Morgan fingerprint density at radius 1 is 1.30 bits per heavy atom. The van der Waals surface area contributed by atoms with Gasteiger partial charge in [-0.2, -0.15) is 0 Å². The van der Waals surface area contributed by atoms with Gasteiger partial charge in [0.2, 0.25) is 0 Å². The van der Waals surface area contributed by atoms with Crippen LogP contribution in [-0.2, 0) is 4.74 Å². The van der Waals surface area contributed by atoms with E-state index in [1.54, 1.807) is 0 Å². The average molecular weight is 340 g/mol. The Morgan fingerprint density at radius 2 is 2.04 bits per heavy atom. The van der Waals surface area contributed by atoms with Crippen molar-refractivity contribution in [3.63, 3.8) is 0 Å². The molecule has 5 nitrogen and oxygen atoms in total. The highest BCUT2D eigenvalue weighted by molar-refractivity contribution is 7.12. The molecule has 0 bridgehead atoms. The summed E-state index contributed by atoms with van der Waals surface area (Å²) in [5, 5.41) is 0. The molecule has 1 aliphatic heterocycles. The third-order valence-electron chi connectivity index (χ3n) is 3.94. The number of carbonyl (C=O) groups is 1. The quantitative estimate of drug-likeness (QED) is 0.920. The van der Waals surface area contributed by atoms with Gasteiger partial charge in [-0.15, -0.1) is 11.3 Å². The van der Waals surface area contributed by atoms with E-state index in [9.17, 15) is 4.79 Å². The molecule has 130 valence electrons. The summed E-state index contributed by atoms with van der Waals surface area (Å²) in [7, 11) is 0. The number of ether oxygens (including phenoxy) is 1. The minimum Gasteiger partial charge on any atom is -0.444 e. The average Bonchev–Trinajstić information content (AvgIpc) is 2.73. The summed E-state index contributed by atoms with van der Waals surface area (Å²) in [6.07, 6.45) is 0.732. The van der Waals surface area contributed by atoms with Crippen molar-refractivity contribution < 1.29 is 9.53 Å². The highest BCUT2D eigenvalue weighted by Crippen LogP contribution is 2.27. The lowest BCUT2D eigenvalue weighted by atomic mass is 10.2. The number of thiophene rings is 1. The predicted octanol–water partition coefficient (Wildman–Crippen LogP) is 3.00. The zero-order valence-electron chi connectivity index (χ0n) is 14.7. The number of nitrogens with zero attached hydrogens (tertiary/aromatic N) is 2. The highest BCUT2D eigenvalue weighted by atomic mass is 32.1. The normalized spacial score (nSPS) is 18.6. The van der Waals surface area contributed by atoms with E-state index in [1.807, 2.05) is 37.0 Å². The van der Waals surface area contributed by atoms with Gasteiger partial charge in [0, 0.05) is 42.5 Å². The summed E-state index contributed by atoms with van der Waals surface area (Å²) in [6, 6.07) is 4.56. The Balaban J connectivity index is 1.98. The van der Waals surface area contributed by atoms with E-state index in [-0.39, 0.29) is 12.1 Å². The minimum absolute atomic E-state index is 0.212. The molecule has 1 aromatic rings. The molecule has 1 aromatic heterocycles. The van der Waals surface area contributed by atoms with Crippen molar-refractivity contribution in [2.45, 2.75) is 45.8 Å². The molecule has 6 heteroatoms. The monoisotopic (exact) mass is 339 g/mol. The van der Waals surface area contributed by atoms with Crippen molar-refractivity contribution in [1.82, 2.24) is 9.80 Å². The first-order valence-corrected chi connectivity index (χ1v) is 9.10. The molecule has 1 fully saturated rings. The van der Waals surface area contributed by atoms with Crippen molar-refractivity contribution in [1.29, 1.82) is 0 Å². The van der Waals surface area contributed by atoms with E-state index in [0.717, 1.165) is 26.1 Å². The molecule has 0 saturated carbocycles. The molecule has 1 unspecified atom stereocenters. The van der Waals surface area contributed by atoms with Gasteiger partial charge in [-0.1, -0.05) is 0 Å². The Morgan fingerprint density at radius 3 is 2.61 bits per heavy atom. The fraction of sp³-hybridized carbons (Fsp3) is 0.706. The van der Waals surface area contributed by atoms with Gasteiger partial charge >= 0.3 is 6.09 Å². The van der Waals surface area contributed by atoms with Crippen molar-refractivity contribution in [3.05, 3.63) is 21.9 Å². The van der Waals surface area contributed by atoms with Crippen LogP contribution < -0.4 is 5.73 Å². The lowest BCUT2D eigenvalue weighted by Crippen LogP contribution is -2.40. The van der Waals surface area contributed by atoms with Crippen LogP contribution in [0.25, 0.3) is 0 Å². The fourth-order valence-corrected chi connectivity index (χ4v) is 3.86. The van der Waals surface area contributed by atoms with Crippen LogP contribution in [0.3, 0.4) is 0 Å². The molecule has 1 atom stereocenters. The molecule has 0 spiro atoms. The number of carbonyl (C=O) groups excluding carboxylic acids is 1. The predicted molar refractivity (Wildman–Crippen MR) is 94.8 cm³/mol. The number of hydrogen-bond donors (Lipinski definition) is 1. The topological polar surface area (TPSA) is 58.8 Å². The van der Waals surface area contributed by atoms with Crippen LogP contribution in [0, 0.1) is 6.92 Å². The van der Waals surface area contributed by atoms with Crippen LogP contribution in [0.5, 0.6) is 0 Å². The highest BCUT2D eigenvalue weighted by Gasteiger charge is 2.27. The van der Waals surface area contributed by atoms with E-state index in [1.165, 1.54) is 9.75 Å². The summed E-state index contributed by atoms with van der Waals surface area (Å²) in [6.45, 7) is 11.6. The summed E-state index contributed by atoms with van der Waals surface area (Å²) in [5.74, 6) is 0. The first-order valence-electron chi connectivity index (χ1n) is 8.28. The van der Waals surface area contributed by atoms with Crippen LogP contribution in [-0.4, -0.2) is 54.2 Å². The third-order valence-corrected chi connectivity index (χ3v) is 5.04. The Labute approximate surface area is 143 Å². The third kappa shape index (κ3) is 5.19. The first-order chi connectivity index (χ1) is 10.8. The summed E-state index contributed by atoms with van der Waals surface area (Å²) in [4.78, 5) is 19.1. The maximum absolute atomic E-state index is 12.2. The van der Waals surface area contributed by atoms with Gasteiger partial charge in [-0.05, 0) is 46.2 Å². The lowest BCUT2D eigenvalue weighted by molar-refractivity contribution is 0.0255. The van der Waals surface area contributed by atoms with Gasteiger partial charge in [-0.3, -0.25) is 4.90 Å². The maximum atomic E-state index is 12.2. The Bertz CT molecular complexity index is 524. The van der Waals surface area contributed by atoms with Crippen LogP contribution >= 0.6 is 11.3 Å². The van der Waals surface area contributed by atoms with Crippen molar-refractivity contribution in [2.24, 2.45) is 5.73 Å². The first kappa shape index (κ1) is 18.2. The van der Waals surface area contributed by atoms with E-state index < -0.39 is 5.60 Å². The molecule has 1 amide bonds. The standard InChI is InChI=1S/C17H29N3O2S/c1-13-6-7-15(23-13)14(12-18)19-8-5-9-20(11-10-19)16(21)22-17(2,3)4/h6-7,14H,5,8-12,18H2,1-4H3. The second-order valence-corrected chi connectivity index (χ2v) is 8.38. The van der Waals surface area contributed by atoms with Gasteiger partial charge in [0.1, 0.15) is 5.60 Å². The molecule has 2 rings (SSSR count). The van der Waals surface area contributed by atoms with Crippen LogP contribution in [0.1, 0.15) is 43.0 Å². The molecule has 2 N–H and O–H groups in total.